The molecule has 2 amide bonds. The predicted molar refractivity (Wildman–Crippen MR) is 96.8 cm³/mol. The number of ether oxygens (including phenoxy) is 2. The van der Waals surface area contributed by atoms with Crippen LogP contribution in [-0.4, -0.2) is 25.5 Å². The van der Waals surface area contributed by atoms with Gasteiger partial charge in [0.2, 0.25) is 5.91 Å². The fraction of sp³-hybridized carbons (Fsp3) is 0.111. The maximum absolute atomic E-state index is 12.0. The zero-order chi connectivity index (χ0) is 18.2. The van der Waals surface area contributed by atoms with Gasteiger partial charge in [0.15, 0.2) is 6.61 Å². The number of primary amides is 1. The number of nitrogens with two attached hydrogens (primary N) is 1. The van der Waals surface area contributed by atoms with Crippen LogP contribution in [0, 0.1) is 0 Å². The van der Waals surface area contributed by atoms with Crippen LogP contribution in [0.25, 0.3) is 6.08 Å². The molecular weight excluding hydrogens is 344 g/mol. The molecule has 6 nitrogen and oxygen atoms in total. The fourth-order valence-corrected chi connectivity index (χ4v) is 2.15. The van der Waals surface area contributed by atoms with Gasteiger partial charge in [-0.3, -0.25) is 9.59 Å². The van der Waals surface area contributed by atoms with Gasteiger partial charge in [-0.2, -0.15) is 0 Å². The molecular formula is C18H17ClN2O4. The fourth-order valence-electron chi connectivity index (χ4n) is 1.97. The lowest BCUT2D eigenvalue weighted by Gasteiger charge is -2.06. The van der Waals surface area contributed by atoms with Crippen LogP contribution in [0.3, 0.4) is 0 Å². The van der Waals surface area contributed by atoms with Gasteiger partial charge in [-0.1, -0.05) is 11.6 Å². The Kier molecular flexibility index (Phi) is 6.42. The molecule has 0 bridgehead atoms. The van der Waals surface area contributed by atoms with Crippen LogP contribution in [0.1, 0.15) is 5.56 Å². The first-order chi connectivity index (χ1) is 12.0. The molecule has 0 spiro atoms. The van der Waals surface area contributed by atoms with Crippen molar-refractivity contribution in [1.29, 1.82) is 0 Å². The van der Waals surface area contributed by atoms with Gasteiger partial charge < -0.3 is 20.5 Å². The van der Waals surface area contributed by atoms with Crippen LogP contribution in [-0.2, 0) is 9.59 Å². The van der Waals surface area contributed by atoms with Crippen LogP contribution in [0.2, 0.25) is 5.02 Å². The summed E-state index contributed by atoms with van der Waals surface area (Å²) in [6.07, 6.45) is 3.00. The number of hydrogen-bond acceptors (Lipinski definition) is 4. The molecule has 25 heavy (non-hydrogen) atoms. The van der Waals surface area contributed by atoms with E-state index in [4.69, 9.17) is 26.8 Å². The Morgan fingerprint density at radius 3 is 2.56 bits per heavy atom. The Morgan fingerprint density at radius 2 is 1.92 bits per heavy atom. The van der Waals surface area contributed by atoms with Gasteiger partial charge in [0.1, 0.15) is 11.5 Å². The maximum atomic E-state index is 12.0. The molecule has 0 saturated carbocycles. The zero-order valence-electron chi connectivity index (χ0n) is 13.5. The number of carbonyl (C=O) groups excluding carboxylic acids is 2. The molecule has 0 unspecified atom stereocenters. The second-order valence-corrected chi connectivity index (χ2v) is 5.42. The van der Waals surface area contributed by atoms with Crippen molar-refractivity contribution in [2.24, 2.45) is 5.73 Å². The minimum atomic E-state index is -0.557. The molecule has 0 heterocycles. The number of carbonyl (C=O) groups is 2. The number of amides is 2. The molecule has 0 aliphatic heterocycles. The van der Waals surface area contributed by atoms with E-state index in [1.165, 1.54) is 6.08 Å². The lowest BCUT2D eigenvalue weighted by molar-refractivity contribution is -0.120. The Labute approximate surface area is 150 Å². The van der Waals surface area contributed by atoms with Crippen molar-refractivity contribution >= 4 is 35.2 Å². The molecule has 130 valence electrons. The van der Waals surface area contributed by atoms with E-state index in [2.05, 4.69) is 5.32 Å². The number of rotatable bonds is 7. The smallest absolute Gasteiger partial charge is 0.255 e. The van der Waals surface area contributed by atoms with Gasteiger partial charge in [-0.25, -0.2) is 0 Å². The Bertz CT molecular complexity index is 788. The molecule has 0 saturated heterocycles. The minimum absolute atomic E-state index is 0.199. The standard InChI is InChI=1S/C18H17ClN2O4/c1-24-16-8-3-13(19)10-12(16)2-9-18(23)21-14-4-6-15(7-5-14)25-11-17(20)22/h2-10H,11H2,1H3,(H2,20,22)(H,21,23)/b9-2+. The summed E-state index contributed by atoms with van der Waals surface area (Å²) in [7, 11) is 1.54. The highest BCUT2D eigenvalue weighted by atomic mass is 35.5. The first kappa shape index (κ1) is 18.4. The Hall–Kier alpha value is -2.99. The average Bonchev–Trinajstić information content (AvgIpc) is 2.59. The van der Waals surface area contributed by atoms with Gasteiger partial charge in [-0.05, 0) is 48.5 Å². The SMILES string of the molecule is COc1ccc(Cl)cc1/C=C/C(=O)Nc1ccc(OCC(N)=O)cc1. The number of hydrogen-bond donors (Lipinski definition) is 2. The number of benzene rings is 2. The monoisotopic (exact) mass is 360 g/mol. The van der Waals surface area contributed by atoms with Crippen molar-refractivity contribution in [2.75, 3.05) is 19.0 Å². The zero-order valence-corrected chi connectivity index (χ0v) is 14.2. The van der Waals surface area contributed by atoms with E-state index >= 15 is 0 Å². The van der Waals surface area contributed by atoms with E-state index < -0.39 is 5.91 Å². The van der Waals surface area contributed by atoms with Gasteiger partial charge >= 0.3 is 0 Å². The van der Waals surface area contributed by atoms with Crippen molar-refractivity contribution in [3.8, 4) is 11.5 Å². The molecule has 7 heteroatoms. The first-order valence-corrected chi connectivity index (χ1v) is 7.69. The highest BCUT2D eigenvalue weighted by molar-refractivity contribution is 6.30. The van der Waals surface area contributed by atoms with E-state index in [1.807, 2.05) is 0 Å². The number of halogens is 1. The van der Waals surface area contributed by atoms with E-state index in [0.717, 1.165) is 0 Å². The van der Waals surface area contributed by atoms with Crippen molar-refractivity contribution in [3.05, 3.63) is 59.1 Å². The van der Waals surface area contributed by atoms with E-state index in [-0.39, 0.29) is 12.5 Å². The number of methoxy groups -OCH3 is 1. The maximum Gasteiger partial charge on any atom is 0.255 e. The summed E-state index contributed by atoms with van der Waals surface area (Å²) in [6, 6.07) is 11.7. The lowest BCUT2D eigenvalue weighted by Crippen LogP contribution is -2.20. The largest absolute Gasteiger partial charge is 0.496 e. The minimum Gasteiger partial charge on any atom is -0.496 e. The molecule has 0 aliphatic carbocycles. The highest BCUT2D eigenvalue weighted by Crippen LogP contribution is 2.24. The van der Waals surface area contributed by atoms with Crippen molar-refractivity contribution in [3.63, 3.8) is 0 Å². The molecule has 2 rings (SSSR count). The molecule has 0 aromatic heterocycles. The number of nitrogens with one attached hydrogen (secondary N) is 1. The van der Waals surface area contributed by atoms with Crippen molar-refractivity contribution in [1.82, 2.24) is 0 Å². The van der Waals surface area contributed by atoms with Gasteiger partial charge in [0.05, 0.1) is 7.11 Å². The van der Waals surface area contributed by atoms with E-state index in [1.54, 1.807) is 55.7 Å². The summed E-state index contributed by atoms with van der Waals surface area (Å²) in [5.74, 6) is 0.229. The second-order valence-electron chi connectivity index (χ2n) is 4.99. The lowest BCUT2D eigenvalue weighted by atomic mass is 10.2. The van der Waals surface area contributed by atoms with E-state index in [0.29, 0.717) is 27.8 Å². The van der Waals surface area contributed by atoms with Crippen LogP contribution >= 0.6 is 11.6 Å². The molecule has 2 aromatic carbocycles. The van der Waals surface area contributed by atoms with Crippen LogP contribution in [0.5, 0.6) is 11.5 Å². The molecule has 0 atom stereocenters. The topological polar surface area (TPSA) is 90.7 Å². The quantitative estimate of drug-likeness (QED) is 0.743. The predicted octanol–water partition coefficient (Wildman–Crippen LogP) is 2.86. The van der Waals surface area contributed by atoms with Gasteiger partial charge in [-0.15, -0.1) is 0 Å². The normalized spacial score (nSPS) is 10.5. The molecule has 2 aromatic rings. The van der Waals surface area contributed by atoms with Gasteiger partial charge in [0, 0.05) is 22.3 Å². The van der Waals surface area contributed by atoms with Crippen LogP contribution in [0.4, 0.5) is 5.69 Å². The van der Waals surface area contributed by atoms with Crippen molar-refractivity contribution < 1.29 is 19.1 Å². The van der Waals surface area contributed by atoms with E-state index in [9.17, 15) is 9.59 Å². The van der Waals surface area contributed by atoms with Crippen molar-refractivity contribution in [2.45, 2.75) is 0 Å². The molecule has 3 N–H and O–H groups in total. The Balaban J connectivity index is 1.98. The third-order valence-electron chi connectivity index (χ3n) is 3.11. The molecule has 0 aliphatic rings. The summed E-state index contributed by atoms with van der Waals surface area (Å²) >= 11 is 5.95. The molecule has 0 fully saturated rings. The molecule has 0 radical (unpaired) electrons. The third-order valence-corrected chi connectivity index (χ3v) is 3.34. The van der Waals surface area contributed by atoms with Crippen LogP contribution < -0.4 is 20.5 Å². The summed E-state index contributed by atoms with van der Waals surface area (Å²) < 4.78 is 10.4. The van der Waals surface area contributed by atoms with Gasteiger partial charge in [0.25, 0.3) is 5.91 Å². The van der Waals surface area contributed by atoms with Crippen LogP contribution in [0.15, 0.2) is 48.5 Å². The highest BCUT2D eigenvalue weighted by Gasteiger charge is 2.03. The number of anilines is 1. The average molecular weight is 361 g/mol. The second kappa shape index (κ2) is 8.75. The summed E-state index contributed by atoms with van der Waals surface area (Å²) in [5.41, 5.74) is 6.28. The summed E-state index contributed by atoms with van der Waals surface area (Å²) in [5, 5.41) is 3.26. The third kappa shape index (κ3) is 5.86. The summed E-state index contributed by atoms with van der Waals surface area (Å²) in [4.78, 5) is 22.7. The first-order valence-electron chi connectivity index (χ1n) is 7.31. The summed E-state index contributed by atoms with van der Waals surface area (Å²) in [6.45, 7) is -0.199. The Morgan fingerprint density at radius 1 is 1.20 bits per heavy atom.